The molecule has 0 aliphatic heterocycles. The molecule has 0 aromatic heterocycles. The summed E-state index contributed by atoms with van der Waals surface area (Å²) >= 11 is 6.04. The van der Waals surface area contributed by atoms with Crippen molar-refractivity contribution < 1.29 is 23.9 Å². The van der Waals surface area contributed by atoms with Crippen molar-refractivity contribution in [3.8, 4) is 11.5 Å². The molecule has 0 spiro atoms. The van der Waals surface area contributed by atoms with Crippen molar-refractivity contribution in [2.24, 2.45) is 5.10 Å². The number of amides is 2. The van der Waals surface area contributed by atoms with Gasteiger partial charge >= 0.3 is 17.8 Å². The average molecular weight is 480 g/mol. The third-order valence-corrected chi connectivity index (χ3v) is 5.17. The van der Waals surface area contributed by atoms with Crippen LogP contribution in [-0.2, 0) is 9.59 Å². The molecule has 0 bridgehead atoms. The van der Waals surface area contributed by atoms with E-state index in [2.05, 4.69) is 15.8 Å². The molecule has 9 heteroatoms. The standard InChI is InChI=1S/C25H22ClN3O5/c1-15-12-13-17(14-20(15)26)27-23(30)24(31)29-28-16(2)18-8-4-7-11-22(18)34-25(32)19-9-5-6-10-21(19)33-3/h4-14H,1-3H3,(H,27,30)(H,29,31)/b28-16+. The lowest BCUT2D eigenvalue weighted by atomic mass is 10.1. The van der Waals surface area contributed by atoms with Gasteiger partial charge in [0.15, 0.2) is 0 Å². The average Bonchev–Trinajstić information content (AvgIpc) is 2.84. The summed E-state index contributed by atoms with van der Waals surface area (Å²) in [4.78, 5) is 37.0. The molecule has 3 aromatic carbocycles. The zero-order valence-electron chi connectivity index (χ0n) is 18.7. The fourth-order valence-electron chi connectivity index (χ4n) is 2.93. The third-order valence-electron chi connectivity index (χ3n) is 4.77. The number of carbonyl (C=O) groups is 3. The second-order valence-corrected chi connectivity index (χ2v) is 7.55. The van der Waals surface area contributed by atoms with E-state index in [0.717, 1.165) is 5.56 Å². The monoisotopic (exact) mass is 479 g/mol. The molecule has 0 atom stereocenters. The number of nitrogens with zero attached hydrogens (tertiary/aromatic N) is 1. The lowest BCUT2D eigenvalue weighted by molar-refractivity contribution is -0.136. The van der Waals surface area contributed by atoms with Gasteiger partial charge in [-0.25, -0.2) is 10.2 Å². The first-order valence-corrected chi connectivity index (χ1v) is 10.5. The largest absolute Gasteiger partial charge is 0.496 e. The Labute approximate surface area is 201 Å². The van der Waals surface area contributed by atoms with Crippen LogP contribution in [0, 0.1) is 6.92 Å². The molecule has 8 nitrogen and oxygen atoms in total. The zero-order valence-corrected chi connectivity index (χ0v) is 19.5. The van der Waals surface area contributed by atoms with Crippen LogP contribution in [0.2, 0.25) is 5.02 Å². The maximum atomic E-state index is 12.7. The number of ether oxygens (including phenoxy) is 2. The van der Waals surface area contributed by atoms with E-state index in [1.54, 1.807) is 73.7 Å². The lowest BCUT2D eigenvalue weighted by Crippen LogP contribution is -2.33. The van der Waals surface area contributed by atoms with Crippen LogP contribution in [0.1, 0.15) is 28.4 Å². The zero-order chi connectivity index (χ0) is 24.7. The summed E-state index contributed by atoms with van der Waals surface area (Å²) in [5, 5.41) is 6.90. The minimum atomic E-state index is -0.973. The molecule has 2 N–H and O–H groups in total. The van der Waals surface area contributed by atoms with Crippen LogP contribution < -0.4 is 20.2 Å². The van der Waals surface area contributed by atoms with Gasteiger partial charge in [0, 0.05) is 16.3 Å². The van der Waals surface area contributed by atoms with Crippen molar-refractivity contribution in [3.63, 3.8) is 0 Å². The maximum absolute atomic E-state index is 12.7. The van der Waals surface area contributed by atoms with E-state index in [9.17, 15) is 14.4 Å². The second-order valence-electron chi connectivity index (χ2n) is 7.14. The molecule has 0 aliphatic rings. The van der Waals surface area contributed by atoms with Crippen molar-refractivity contribution in [2.75, 3.05) is 12.4 Å². The smallest absolute Gasteiger partial charge is 0.347 e. The summed E-state index contributed by atoms with van der Waals surface area (Å²) in [6.07, 6.45) is 0. The number of nitrogens with one attached hydrogen (secondary N) is 2. The summed E-state index contributed by atoms with van der Waals surface area (Å²) < 4.78 is 10.8. The Bertz CT molecular complexity index is 1270. The topological polar surface area (TPSA) is 106 Å². The Morgan fingerprint density at radius 1 is 0.882 bits per heavy atom. The van der Waals surface area contributed by atoms with Gasteiger partial charge in [-0.05, 0) is 55.8 Å². The van der Waals surface area contributed by atoms with E-state index < -0.39 is 17.8 Å². The highest BCUT2D eigenvalue weighted by Gasteiger charge is 2.18. The van der Waals surface area contributed by atoms with Gasteiger partial charge in [0.1, 0.15) is 17.1 Å². The predicted octanol–water partition coefficient (Wildman–Crippen LogP) is 4.36. The molecule has 3 rings (SSSR count). The second kappa shape index (κ2) is 11.1. The van der Waals surface area contributed by atoms with Crippen molar-refractivity contribution >= 4 is 40.8 Å². The molecule has 0 fully saturated rings. The number of halogens is 1. The first-order valence-electron chi connectivity index (χ1n) is 10.2. The number of rotatable bonds is 6. The third kappa shape index (κ3) is 5.99. The number of anilines is 1. The Morgan fingerprint density at radius 2 is 1.53 bits per heavy atom. The van der Waals surface area contributed by atoms with Crippen molar-refractivity contribution in [1.82, 2.24) is 5.43 Å². The molecule has 0 unspecified atom stereocenters. The highest BCUT2D eigenvalue weighted by molar-refractivity contribution is 6.40. The van der Waals surface area contributed by atoms with Gasteiger partial charge in [0.2, 0.25) is 0 Å². The van der Waals surface area contributed by atoms with Crippen LogP contribution in [0.15, 0.2) is 71.8 Å². The molecule has 3 aromatic rings. The fraction of sp³-hybridized carbons (Fsp3) is 0.120. The van der Waals surface area contributed by atoms with Crippen molar-refractivity contribution in [2.45, 2.75) is 13.8 Å². The van der Waals surface area contributed by atoms with Crippen LogP contribution in [0.3, 0.4) is 0 Å². The van der Waals surface area contributed by atoms with Crippen molar-refractivity contribution in [3.05, 3.63) is 88.4 Å². The van der Waals surface area contributed by atoms with Gasteiger partial charge in [-0.15, -0.1) is 0 Å². The summed E-state index contributed by atoms with van der Waals surface area (Å²) in [5.41, 5.74) is 4.46. The first kappa shape index (κ1) is 24.5. The number of carbonyl (C=O) groups excluding carboxylic acids is 3. The molecule has 2 amide bonds. The van der Waals surface area contributed by atoms with Crippen LogP contribution >= 0.6 is 11.6 Å². The van der Waals surface area contributed by atoms with Gasteiger partial charge in [-0.3, -0.25) is 9.59 Å². The maximum Gasteiger partial charge on any atom is 0.347 e. The van der Waals surface area contributed by atoms with E-state index in [-0.39, 0.29) is 11.3 Å². The minimum Gasteiger partial charge on any atom is -0.496 e. The lowest BCUT2D eigenvalue weighted by Gasteiger charge is -2.12. The molecule has 174 valence electrons. The van der Waals surface area contributed by atoms with Crippen LogP contribution in [0.4, 0.5) is 5.69 Å². The fourth-order valence-corrected chi connectivity index (χ4v) is 3.11. The molecule has 0 saturated carbocycles. The number of hydrogen-bond donors (Lipinski definition) is 2. The van der Waals surface area contributed by atoms with E-state index in [1.165, 1.54) is 7.11 Å². The number of aryl methyl sites for hydroxylation is 1. The van der Waals surface area contributed by atoms with Crippen LogP contribution in [0.5, 0.6) is 11.5 Å². The van der Waals surface area contributed by atoms with E-state index in [4.69, 9.17) is 21.1 Å². The summed E-state index contributed by atoms with van der Waals surface area (Å²) in [6, 6.07) is 18.3. The molecule has 0 aliphatic carbocycles. The number of hydrogen-bond acceptors (Lipinski definition) is 6. The van der Waals surface area contributed by atoms with Crippen LogP contribution in [0.25, 0.3) is 0 Å². The highest BCUT2D eigenvalue weighted by atomic mass is 35.5. The van der Waals surface area contributed by atoms with E-state index in [1.807, 2.05) is 6.92 Å². The molecular weight excluding hydrogens is 458 g/mol. The number of hydrazone groups is 1. The SMILES string of the molecule is COc1ccccc1C(=O)Oc1ccccc1/C(C)=N/NC(=O)C(=O)Nc1ccc(C)c(Cl)c1. The van der Waals surface area contributed by atoms with Gasteiger partial charge < -0.3 is 14.8 Å². The molecule has 34 heavy (non-hydrogen) atoms. The number of para-hydroxylation sites is 2. The summed E-state index contributed by atoms with van der Waals surface area (Å²) in [7, 11) is 1.46. The van der Waals surface area contributed by atoms with E-state index >= 15 is 0 Å². The molecule has 0 saturated heterocycles. The van der Waals surface area contributed by atoms with Crippen molar-refractivity contribution in [1.29, 1.82) is 0 Å². The van der Waals surface area contributed by atoms with Gasteiger partial charge in [-0.1, -0.05) is 41.9 Å². The molecule has 0 radical (unpaired) electrons. The van der Waals surface area contributed by atoms with Gasteiger partial charge in [0.25, 0.3) is 0 Å². The summed E-state index contributed by atoms with van der Waals surface area (Å²) in [6.45, 7) is 3.43. The Kier molecular flexibility index (Phi) is 8.00. The number of benzene rings is 3. The van der Waals surface area contributed by atoms with Gasteiger partial charge in [-0.2, -0.15) is 5.10 Å². The predicted molar refractivity (Wildman–Crippen MR) is 130 cm³/mol. The quantitative estimate of drug-likeness (QED) is 0.180. The number of methoxy groups -OCH3 is 1. The van der Waals surface area contributed by atoms with Gasteiger partial charge in [0.05, 0.1) is 12.8 Å². The Balaban J connectivity index is 1.70. The van der Waals surface area contributed by atoms with E-state index in [0.29, 0.717) is 27.7 Å². The number of esters is 1. The minimum absolute atomic E-state index is 0.229. The Morgan fingerprint density at radius 3 is 2.21 bits per heavy atom. The van der Waals surface area contributed by atoms with Crippen LogP contribution in [-0.4, -0.2) is 30.6 Å². The first-order chi connectivity index (χ1) is 16.3. The molecule has 0 heterocycles. The summed E-state index contributed by atoms with van der Waals surface area (Å²) in [5.74, 6) is -1.89. The molecular formula is C25H22ClN3O5. The Hall–Kier alpha value is -4.17. The normalized spacial score (nSPS) is 10.9. The highest BCUT2D eigenvalue weighted by Crippen LogP contribution is 2.24.